The molecule has 2 N–H and O–H groups in total. The van der Waals surface area contributed by atoms with Gasteiger partial charge in [0.25, 0.3) is 5.91 Å². The lowest BCUT2D eigenvalue weighted by Crippen LogP contribution is -2.45. The van der Waals surface area contributed by atoms with E-state index in [0.717, 1.165) is 25.7 Å². The minimum Gasteiger partial charge on any atom is -0.287 e. The molecule has 0 unspecified atom stereocenters. The Morgan fingerprint density at radius 2 is 1.64 bits per heavy atom. The number of carbonyl (C=O) groups excluding carboxylic acids is 1. The minimum atomic E-state index is -0.104. The van der Waals surface area contributed by atoms with Gasteiger partial charge in [0.15, 0.2) is 0 Å². The molecule has 22 heavy (non-hydrogen) atoms. The van der Waals surface area contributed by atoms with Gasteiger partial charge in [-0.3, -0.25) is 15.2 Å². The fourth-order valence-electron chi connectivity index (χ4n) is 3.04. The van der Waals surface area contributed by atoms with Gasteiger partial charge in [-0.1, -0.05) is 30.3 Å². The number of pyridine rings is 1. The third-order valence-corrected chi connectivity index (χ3v) is 4.33. The van der Waals surface area contributed by atoms with Crippen LogP contribution in [0.5, 0.6) is 0 Å². The first-order valence-electron chi connectivity index (χ1n) is 7.84. The van der Waals surface area contributed by atoms with Crippen molar-refractivity contribution in [2.24, 2.45) is 0 Å². The first kappa shape index (κ1) is 14.7. The Morgan fingerprint density at radius 3 is 2.32 bits per heavy atom. The highest BCUT2D eigenvalue weighted by atomic mass is 16.2. The Kier molecular flexibility index (Phi) is 4.81. The van der Waals surface area contributed by atoms with Crippen molar-refractivity contribution >= 4 is 5.91 Å². The van der Waals surface area contributed by atoms with Crippen LogP contribution in [-0.4, -0.2) is 16.9 Å². The summed E-state index contributed by atoms with van der Waals surface area (Å²) >= 11 is 0. The molecule has 0 bridgehead atoms. The smallest absolute Gasteiger partial charge is 0.265 e. The maximum absolute atomic E-state index is 12.0. The molecule has 114 valence electrons. The van der Waals surface area contributed by atoms with Crippen molar-refractivity contribution in [1.29, 1.82) is 0 Å². The van der Waals surface area contributed by atoms with Crippen LogP contribution in [0, 0.1) is 0 Å². The Hall–Kier alpha value is -2.20. The lowest BCUT2D eigenvalue weighted by atomic mass is 9.82. The summed E-state index contributed by atoms with van der Waals surface area (Å²) in [4.78, 5) is 15.9. The molecule has 0 radical (unpaired) electrons. The molecular formula is C18H21N3O. The van der Waals surface area contributed by atoms with Crippen LogP contribution in [0.3, 0.4) is 0 Å². The van der Waals surface area contributed by atoms with Gasteiger partial charge in [0.2, 0.25) is 0 Å². The molecule has 4 heteroatoms. The second-order valence-electron chi connectivity index (χ2n) is 5.79. The summed E-state index contributed by atoms with van der Waals surface area (Å²) in [6, 6.07) is 14.5. The number of carbonyl (C=O) groups is 1. The topological polar surface area (TPSA) is 54.0 Å². The Bertz CT molecular complexity index is 592. The standard InChI is InChI=1S/C18H21N3O/c22-18(16-10-12-19-13-11-16)21-20-17-8-6-15(7-9-17)14-4-2-1-3-5-14/h1-5,10-13,15,17,20H,6-9H2,(H,21,22). The molecule has 1 aliphatic rings. The molecular weight excluding hydrogens is 274 g/mol. The summed E-state index contributed by atoms with van der Waals surface area (Å²) < 4.78 is 0. The highest BCUT2D eigenvalue weighted by Gasteiger charge is 2.22. The summed E-state index contributed by atoms with van der Waals surface area (Å²) in [5, 5.41) is 0. The number of amides is 1. The van der Waals surface area contributed by atoms with Crippen LogP contribution >= 0.6 is 0 Å². The summed E-state index contributed by atoms with van der Waals surface area (Å²) in [6.45, 7) is 0. The number of nitrogens with zero attached hydrogens (tertiary/aromatic N) is 1. The molecule has 1 aliphatic carbocycles. The molecule has 1 amide bonds. The molecule has 1 heterocycles. The number of hydrogen-bond donors (Lipinski definition) is 2. The van der Waals surface area contributed by atoms with Crippen molar-refractivity contribution in [1.82, 2.24) is 15.8 Å². The molecule has 1 aromatic heterocycles. The molecule has 4 nitrogen and oxygen atoms in total. The van der Waals surface area contributed by atoms with Crippen molar-refractivity contribution < 1.29 is 4.79 Å². The molecule has 1 saturated carbocycles. The summed E-state index contributed by atoms with van der Waals surface area (Å²) in [7, 11) is 0. The van der Waals surface area contributed by atoms with Crippen LogP contribution in [0.2, 0.25) is 0 Å². The minimum absolute atomic E-state index is 0.104. The third-order valence-electron chi connectivity index (χ3n) is 4.33. The fraction of sp³-hybridized carbons (Fsp3) is 0.333. The SMILES string of the molecule is O=C(NNC1CCC(c2ccccc2)CC1)c1ccncc1. The van der Waals surface area contributed by atoms with Gasteiger partial charge in [0.05, 0.1) is 0 Å². The molecule has 0 atom stereocenters. The lowest BCUT2D eigenvalue weighted by molar-refractivity contribution is 0.0919. The summed E-state index contributed by atoms with van der Waals surface area (Å²) in [5.41, 5.74) is 8.04. The van der Waals surface area contributed by atoms with E-state index >= 15 is 0 Å². The van der Waals surface area contributed by atoms with Gasteiger partial charge in [-0.2, -0.15) is 0 Å². The van der Waals surface area contributed by atoms with Gasteiger partial charge in [-0.15, -0.1) is 0 Å². The second-order valence-corrected chi connectivity index (χ2v) is 5.79. The van der Waals surface area contributed by atoms with Gasteiger partial charge >= 0.3 is 0 Å². The van der Waals surface area contributed by atoms with Gasteiger partial charge in [-0.05, 0) is 49.3 Å². The molecule has 3 rings (SSSR count). The van der Waals surface area contributed by atoms with Crippen LogP contribution in [-0.2, 0) is 0 Å². The molecule has 1 aromatic carbocycles. The predicted molar refractivity (Wildman–Crippen MR) is 86.3 cm³/mol. The molecule has 1 fully saturated rings. The first-order valence-corrected chi connectivity index (χ1v) is 7.84. The Balaban J connectivity index is 1.45. The van der Waals surface area contributed by atoms with Crippen molar-refractivity contribution in [2.75, 3.05) is 0 Å². The summed E-state index contributed by atoms with van der Waals surface area (Å²) in [5.74, 6) is 0.544. The number of hydrazine groups is 1. The van der Waals surface area contributed by atoms with Crippen molar-refractivity contribution in [3.05, 3.63) is 66.0 Å². The van der Waals surface area contributed by atoms with Crippen LogP contribution in [0.4, 0.5) is 0 Å². The second kappa shape index (κ2) is 7.18. The molecule has 2 aromatic rings. The van der Waals surface area contributed by atoms with E-state index in [4.69, 9.17) is 0 Å². The largest absolute Gasteiger partial charge is 0.287 e. The zero-order valence-corrected chi connectivity index (χ0v) is 12.5. The van der Waals surface area contributed by atoms with E-state index in [1.165, 1.54) is 5.56 Å². The summed E-state index contributed by atoms with van der Waals surface area (Å²) in [6.07, 6.45) is 7.73. The lowest BCUT2D eigenvalue weighted by Gasteiger charge is -2.29. The Labute approximate surface area is 130 Å². The van der Waals surface area contributed by atoms with E-state index in [9.17, 15) is 4.79 Å². The van der Waals surface area contributed by atoms with Gasteiger partial charge in [-0.25, -0.2) is 5.43 Å². The van der Waals surface area contributed by atoms with E-state index in [1.54, 1.807) is 24.5 Å². The van der Waals surface area contributed by atoms with Crippen LogP contribution in [0.1, 0.15) is 47.5 Å². The number of aromatic nitrogens is 1. The van der Waals surface area contributed by atoms with E-state index in [-0.39, 0.29) is 5.91 Å². The number of rotatable bonds is 4. The zero-order chi connectivity index (χ0) is 15.2. The van der Waals surface area contributed by atoms with E-state index < -0.39 is 0 Å². The Morgan fingerprint density at radius 1 is 0.955 bits per heavy atom. The van der Waals surface area contributed by atoms with Crippen LogP contribution in [0.15, 0.2) is 54.9 Å². The van der Waals surface area contributed by atoms with E-state index in [1.807, 2.05) is 0 Å². The van der Waals surface area contributed by atoms with Crippen molar-refractivity contribution in [2.45, 2.75) is 37.6 Å². The normalized spacial score (nSPS) is 21.3. The maximum Gasteiger partial charge on any atom is 0.265 e. The number of benzene rings is 1. The van der Waals surface area contributed by atoms with Gasteiger partial charge in [0, 0.05) is 24.0 Å². The zero-order valence-electron chi connectivity index (χ0n) is 12.5. The van der Waals surface area contributed by atoms with Gasteiger partial charge in [0.1, 0.15) is 0 Å². The highest BCUT2D eigenvalue weighted by Crippen LogP contribution is 2.32. The quantitative estimate of drug-likeness (QED) is 0.852. The predicted octanol–water partition coefficient (Wildman–Crippen LogP) is 3.04. The van der Waals surface area contributed by atoms with E-state index in [2.05, 4.69) is 46.2 Å². The molecule has 0 spiro atoms. The average molecular weight is 295 g/mol. The number of nitrogens with one attached hydrogen (secondary N) is 2. The average Bonchev–Trinajstić information content (AvgIpc) is 2.61. The highest BCUT2D eigenvalue weighted by molar-refractivity contribution is 5.93. The van der Waals surface area contributed by atoms with Crippen LogP contribution in [0.25, 0.3) is 0 Å². The van der Waals surface area contributed by atoms with E-state index in [0.29, 0.717) is 17.5 Å². The first-order chi connectivity index (χ1) is 10.8. The number of hydrogen-bond acceptors (Lipinski definition) is 3. The monoisotopic (exact) mass is 295 g/mol. The van der Waals surface area contributed by atoms with Gasteiger partial charge < -0.3 is 0 Å². The molecule has 0 saturated heterocycles. The van der Waals surface area contributed by atoms with Crippen molar-refractivity contribution in [3.8, 4) is 0 Å². The maximum atomic E-state index is 12.0. The third kappa shape index (κ3) is 3.71. The fourth-order valence-corrected chi connectivity index (χ4v) is 3.04. The molecule has 0 aliphatic heterocycles. The van der Waals surface area contributed by atoms with Crippen LogP contribution < -0.4 is 10.9 Å². The van der Waals surface area contributed by atoms with Crippen molar-refractivity contribution in [3.63, 3.8) is 0 Å².